The molecule has 2 aromatic rings. The average molecular weight is 470 g/mol. The van der Waals surface area contributed by atoms with E-state index in [9.17, 15) is 29.4 Å². The zero-order chi connectivity index (χ0) is 24.6. The molecular formula is C23H23N3O6S. The first-order valence-electron chi connectivity index (χ1n) is 10.2. The largest absolute Gasteiger partial charge is 0.478 e. The van der Waals surface area contributed by atoms with E-state index in [1.807, 2.05) is 0 Å². The third kappa shape index (κ3) is 4.17. The van der Waals surface area contributed by atoms with Gasteiger partial charge in [0, 0.05) is 30.2 Å². The van der Waals surface area contributed by atoms with Gasteiger partial charge in [-0.15, -0.1) is 0 Å². The monoisotopic (exact) mass is 469 g/mol. The Hall–Kier alpha value is -3.79. The second kappa shape index (κ2) is 8.99. The van der Waals surface area contributed by atoms with Gasteiger partial charge >= 0.3 is 11.9 Å². The molecule has 10 heteroatoms. The summed E-state index contributed by atoms with van der Waals surface area (Å²) in [7, 11) is 0. The Morgan fingerprint density at radius 3 is 1.82 bits per heavy atom. The summed E-state index contributed by atoms with van der Waals surface area (Å²) in [6.45, 7) is 7.68. The Balaban J connectivity index is 2.17. The van der Waals surface area contributed by atoms with E-state index in [0.717, 1.165) is 6.07 Å². The molecule has 33 heavy (non-hydrogen) atoms. The second-order valence-electron chi connectivity index (χ2n) is 7.48. The minimum Gasteiger partial charge on any atom is -0.478 e. The summed E-state index contributed by atoms with van der Waals surface area (Å²) >= 11 is 5.28. The van der Waals surface area contributed by atoms with Crippen molar-refractivity contribution in [1.29, 1.82) is 0 Å². The number of thiocarbonyl (C=S) groups is 1. The van der Waals surface area contributed by atoms with Gasteiger partial charge in [0.05, 0.1) is 11.1 Å². The first-order chi connectivity index (χ1) is 15.5. The van der Waals surface area contributed by atoms with Crippen LogP contribution in [0.1, 0.15) is 51.5 Å². The molecule has 9 nitrogen and oxygen atoms in total. The summed E-state index contributed by atoms with van der Waals surface area (Å²) in [4.78, 5) is 51.6. The van der Waals surface area contributed by atoms with Crippen molar-refractivity contribution in [2.24, 2.45) is 0 Å². The van der Waals surface area contributed by atoms with Crippen LogP contribution in [-0.2, 0) is 9.59 Å². The van der Waals surface area contributed by atoms with Crippen molar-refractivity contribution < 1.29 is 29.4 Å². The van der Waals surface area contributed by atoms with Crippen LogP contribution in [0.4, 0.5) is 0 Å². The topological polar surface area (TPSA) is 120 Å². The number of hydrogen-bond donors (Lipinski definition) is 2. The van der Waals surface area contributed by atoms with Crippen LogP contribution in [-0.4, -0.2) is 66.5 Å². The number of carbonyl (C=O) groups excluding carboxylic acids is 2. The molecule has 1 saturated heterocycles. The fourth-order valence-electron chi connectivity index (χ4n) is 3.86. The third-order valence-electron chi connectivity index (χ3n) is 5.49. The van der Waals surface area contributed by atoms with E-state index in [2.05, 4.69) is 0 Å². The molecule has 3 rings (SSSR count). The molecular weight excluding hydrogens is 446 g/mol. The molecule has 1 aromatic carbocycles. The highest BCUT2D eigenvalue weighted by Crippen LogP contribution is 2.27. The van der Waals surface area contributed by atoms with Crippen molar-refractivity contribution in [3.63, 3.8) is 0 Å². The Kier molecular flexibility index (Phi) is 6.50. The zero-order valence-electron chi connectivity index (χ0n) is 18.6. The molecule has 0 bridgehead atoms. The summed E-state index contributed by atoms with van der Waals surface area (Å²) in [5, 5.41) is 19.0. The number of hydrogen-bond acceptors (Lipinski definition) is 5. The van der Waals surface area contributed by atoms with Gasteiger partial charge in [-0.25, -0.2) is 9.59 Å². The number of amides is 2. The lowest BCUT2D eigenvalue weighted by Gasteiger charge is -2.35. The smallest absolute Gasteiger partial charge is 0.335 e. The number of aromatic carboxylic acids is 2. The van der Waals surface area contributed by atoms with Gasteiger partial charge in [-0.1, -0.05) is 0 Å². The maximum absolute atomic E-state index is 12.9. The van der Waals surface area contributed by atoms with Gasteiger partial charge in [-0.05, 0) is 75.8 Å². The molecule has 1 aliphatic heterocycles. The highest BCUT2D eigenvalue weighted by molar-refractivity contribution is 7.80. The lowest BCUT2D eigenvalue weighted by atomic mass is 10.1. The van der Waals surface area contributed by atoms with E-state index in [4.69, 9.17) is 12.2 Å². The molecule has 2 heterocycles. The van der Waals surface area contributed by atoms with Crippen LogP contribution in [0.5, 0.6) is 0 Å². The van der Waals surface area contributed by atoms with Crippen molar-refractivity contribution in [1.82, 2.24) is 14.4 Å². The van der Waals surface area contributed by atoms with Crippen molar-refractivity contribution >= 4 is 47.2 Å². The van der Waals surface area contributed by atoms with Crippen LogP contribution in [0.15, 0.2) is 29.8 Å². The normalized spacial score (nSPS) is 14.2. The van der Waals surface area contributed by atoms with Crippen LogP contribution in [0, 0.1) is 13.8 Å². The first kappa shape index (κ1) is 23.9. The molecule has 1 fully saturated rings. The average Bonchev–Trinajstić information content (AvgIpc) is 3.04. The van der Waals surface area contributed by atoms with Gasteiger partial charge in [0.15, 0.2) is 5.11 Å². The van der Waals surface area contributed by atoms with Gasteiger partial charge in [-0.2, -0.15) is 0 Å². The summed E-state index contributed by atoms with van der Waals surface area (Å²) in [6.07, 6.45) is 1.50. The van der Waals surface area contributed by atoms with E-state index in [1.165, 1.54) is 28.0 Å². The Morgan fingerprint density at radius 2 is 1.39 bits per heavy atom. The van der Waals surface area contributed by atoms with Gasteiger partial charge in [0.2, 0.25) is 0 Å². The molecule has 2 N–H and O–H groups in total. The summed E-state index contributed by atoms with van der Waals surface area (Å²) < 4.78 is 1.68. The van der Waals surface area contributed by atoms with E-state index in [0.29, 0.717) is 35.7 Å². The number of carboxylic acids is 2. The summed E-state index contributed by atoms with van der Waals surface area (Å²) in [5.74, 6) is -3.47. The molecule has 1 aromatic heterocycles. The SMILES string of the molecule is CCN1C(=O)C(=Cc2cc(C)n(-c3cc(C(=O)O)cc(C(=O)O)c3)c2C)C(=O)N(CC)C1=S. The second-order valence-corrected chi connectivity index (χ2v) is 7.85. The van der Waals surface area contributed by atoms with E-state index < -0.39 is 23.8 Å². The van der Waals surface area contributed by atoms with Crippen molar-refractivity contribution in [2.45, 2.75) is 27.7 Å². The zero-order valence-corrected chi connectivity index (χ0v) is 19.4. The van der Waals surface area contributed by atoms with Crippen LogP contribution >= 0.6 is 12.2 Å². The van der Waals surface area contributed by atoms with Gasteiger partial charge in [0.25, 0.3) is 11.8 Å². The maximum Gasteiger partial charge on any atom is 0.335 e. The van der Waals surface area contributed by atoms with Gasteiger partial charge < -0.3 is 14.8 Å². The maximum atomic E-state index is 12.9. The van der Waals surface area contributed by atoms with Crippen LogP contribution in [0.3, 0.4) is 0 Å². The molecule has 0 saturated carbocycles. The minimum absolute atomic E-state index is 0.0296. The molecule has 172 valence electrons. The quantitative estimate of drug-likeness (QED) is 0.379. The fraction of sp³-hybridized carbons (Fsp3) is 0.261. The van der Waals surface area contributed by atoms with Crippen LogP contribution in [0.25, 0.3) is 11.8 Å². The van der Waals surface area contributed by atoms with Gasteiger partial charge in [-0.3, -0.25) is 19.4 Å². The van der Waals surface area contributed by atoms with Crippen LogP contribution in [0.2, 0.25) is 0 Å². The highest BCUT2D eigenvalue weighted by Gasteiger charge is 2.38. The summed E-state index contributed by atoms with van der Waals surface area (Å²) in [5.41, 5.74) is 1.84. The van der Waals surface area contributed by atoms with E-state index in [1.54, 1.807) is 38.3 Å². The molecule has 0 radical (unpaired) electrons. The number of aromatic nitrogens is 1. The predicted octanol–water partition coefficient (Wildman–Crippen LogP) is 2.87. The number of benzene rings is 1. The number of carbonyl (C=O) groups is 4. The molecule has 0 unspecified atom stereocenters. The number of carboxylic acid groups (broad SMARTS) is 2. The molecule has 2 amide bonds. The number of rotatable bonds is 6. The molecule has 0 spiro atoms. The number of nitrogens with zero attached hydrogens (tertiary/aromatic N) is 3. The number of likely N-dealkylation sites (N-methyl/N-ethyl adjacent to an activating group) is 2. The Bertz CT molecular complexity index is 1180. The van der Waals surface area contributed by atoms with Crippen molar-refractivity contribution in [2.75, 3.05) is 13.1 Å². The Labute approximate surface area is 195 Å². The van der Waals surface area contributed by atoms with Crippen molar-refractivity contribution in [3.05, 3.63) is 57.9 Å². The molecule has 1 aliphatic rings. The standard InChI is InChI=1S/C23H23N3O6S/c1-5-24-19(27)18(20(28)25(6-2)23(24)33)11-14-7-12(3)26(13(14)4)17-9-15(21(29)30)8-16(10-17)22(31)32/h7-11H,5-6H2,1-4H3,(H,29,30)(H,31,32). The molecule has 0 aliphatic carbocycles. The summed E-state index contributed by atoms with van der Waals surface area (Å²) in [6, 6.07) is 5.58. The Morgan fingerprint density at radius 1 is 0.909 bits per heavy atom. The lowest BCUT2D eigenvalue weighted by Crippen LogP contribution is -2.55. The highest BCUT2D eigenvalue weighted by atomic mass is 32.1. The molecule has 0 atom stereocenters. The third-order valence-corrected chi connectivity index (χ3v) is 5.93. The van der Waals surface area contributed by atoms with Crippen molar-refractivity contribution in [3.8, 4) is 5.69 Å². The lowest BCUT2D eigenvalue weighted by molar-refractivity contribution is -0.133. The fourth-order valence-corrected chi connectivity index (χ4v) is 4.28. The number of aryl methyl sites for hydroxylation is 1. The minimum atomic E-state index is -1.25. The van der Waals surface area contributed by atoms with Crippen LogP contribution < -0.4 is 0 Å². The predicted molar refractivity (Wildman–Crippen MR) is 125 cm³/mol. The first-order valence-corrected chi connectivity index (χ1v) is 10.6. The van der Waals surface area contributed by atoms with E-state index >= 15 is 0 Å². The van der Waals surface area contributed by atoms with E-state index in [-0.39, 0.29) is 21.8 Å². The van der Waals surface area contributed by atoms with Gasteiger partial charge in [0.1, 0.15) is 5.57 Å².